The number of carbonyl (C=O) groups excluding carboxylic acids is 1. The van der Waals surface area contributed by atoms with Gasteiger partial charge >= 0.3 is 6.03 Å². The zero-order valence-electron chi connectivity index (χ0n) is 7.99. The third kappa shape index (κ3) is 3.51. The van der Waals surface area contributed by atoms with Crippen molar-refractivity contribution in [3.63, 3.8) is 0 Å². The van der Waals surface area contributed by atoms with Gasteiger partial charge in [-0.25, -0.2) is 4.79 Å². The van der Waals surface area contributed by atoms with Gasteiger partial charge < -0.3 is 21.6 Å². The first-order chi connectivity index (χ1) is 6.72. The Morgan fingerprint density at radius 1 is 1.50 bits per heavy atom. The lowest BCUT2D eigenvalue weighted by molar-refractivity contribution is 0.238. The van der Waals surface area contributed by atoms with E-state index >= 15 is 0 Å². The summed E-state index contributed by atoms with van der Waals surface area (Å²) >= 11 is 0. The van der Waals surface area contributed by atoms with E-state index in [1.807, 2.05) is 0 Å². The summed E-state index contributed by atoms with van der Waals surface area (Å²) < 4.78 is 0. The molecule has 1 aliphatic carbocycles. The highest BCUT2D eigenvalue weighted by molar-refractivity contribution is 5.86. The van der Waals surface area contributed by atoms with Gasteiger partial charge in [0.05, 0.1) is 6.54 Å². The predicted molar refractivity (Wildman–Crippen MR) is 52.2 cm³/mol. The van der Waals surface area contributed by atoms with Crippen LogP contribution in [-0.4, -0.2) is 29.7 Å². The van der Waals surface area contributed by atoms with Crippen LogP contribution >= 0.6 is 0 Å². The third-order valence-corrected chi connectivity index (χ3v) is 2.25. The molecule has 14 heavy (non-hydrogen) atoms. The summed E-state index contributed by atoms with van der Waals surface area (Å²) in [6, 6.07) is 0.0192. The highest BCUT2D eigenvalue weighted by Crippen LogP contribution is 2.17. The lowest BCUT2D eigenvalue weighted by atomic mass is 10.2. The van der Waals surface area contributed by atoms with Crippen molar-refractivity contribution in [2.75, 3.05) is 6.54 Å². The summed E-state index contributed by atoms with van der Waals surface area (Å²) in [5.74, 6) is -0.00780. The summed E-state index contributed by atoms with van der Waals surface area (Å²) in [5.41, 5.74) is 5.19. The maximum atomic E-state index is 11.2. The molecule has 0 atom stereocenters. The Kier molecular flexibility index (Phi) is 4.03. The van der Waals surface area contributed by atoms with Crippen LogP contribution in [-0.2, 0) is 0 Å². The second kappa shape index (κ2) is 5.31. The molecule has 2 amide bonds. The first kappa shape index (κ1) is 10.6. The van der Waals surface area contributed by atoms with E-state index in [-0.39, 0.29) is 24.5 Å². The van der Waals surface area contributed by atoms with Gasteiger partial charge in [-0.05, 0) is 12.8 Å². The van der Waals surface area contributed by atoms with Gasteiger partial charge in [0.2, 0.25) is 0 Å². The molecule has 0 aromatic carbocycles. The Balaban J connectivity index is 2.15. The van der Waals surface area contributed by atoms with Crippen LogP contribution in [0.3, 0.4) is 0 Å². The van der Waals surface area contributed by atoms with Crippen LogP contribution in [0.5, 0.6) is 0 Å². The van der Waals surface area contributed by atoms with Crippen LogP contribution in [0.25, 0.3) is 0 Å². The molecule has 1 aliphatic rings. The Labute approximate surface area is 82.5 Å². The molecule has 6 heteroatoms. The van der Waals surface area contributed by atoms with E-state index < -0.39 is 0 Å². The molecule has 6 nitrogen and oxygen atoms in total. The molecule has 0 spiro atoms. The number of urea groups is 1. The number of oxime groups is 1. The van der Waals surface area contributed by atoms with Gasteiger partial charge in [-0.2, -0.15) is 0 Å². The Hall–Kier alpha value is -1.46. The topological polar surface area (TPSA) is 99.7 Å². The van der Waals surface area contributed by atoms with Crippen molar-refractivity contribution in [1.82, 2.24) is 10.6 Å². The maximum absolute atomic E-state index is 11.2. The maximum Gasteiger partial charge on any atom is 0.315 e. The molecule has 0 radical (unpaired) electrons. The van der Waals surface area contributed by atoms with Crippen molar-refractivity contribution in [2.45, 2.75) is 31.7 Å². The van der Waals surface area contributed by atoms with Crippen molar-refractivity contribution in [1.29, 1.82) is 0 Å². The molecule has 0 aromatic heterocycles. The van der Waals surface area contributed by atoms with E-state index in [2.05, 4.69) is 15.8 Å². The van der Waals surface area contributed by atoms with Crippen LogP contribution in [0.2, 0.25) is 0 Å². The normalized spacial score (nSPS) is 18.1. The summed E-state index contributed by atoms with van der Waals surface area (Å²) in [5, 5.41) is 16.3. The van der Waals surface area contributed by atoms with Gasteiger partial charge in [0.1, 0.15) is 0 Å². The standard InChI is InChI=1S/C8H16N4O2/c9-7(12-14)5-10-8(13)11-6-3-1-2-4-6/h6,14H,1-5H2,(H2,9,12)(H2,10,11,13). The van der Waals surface area contributed by atoms with Crippen LogP contribution < -0.4 is 16.4 Å². The predicted octanol–water partition coefficient (Wildman–Crippen LogP) is -0.0254. The number of hydrogen-bond acceptors (Lipinski definition) is 3. The van der Waals surface area contributed by atoms with Gasteiger partial charge in [-0.15, -0.1) is 0 Å². The number of hydrogen-bond donors (Lipinski definition) is 4. The molecule has 0 aliphatic heterocycles. The fourth-order valence-electron chi connectivity index (χ4n) is 1.51. The lowest BCUT2D eigenvalue weighted by Crippen LogP contribution is -2.44. The molecule has 1 saturated carbocycles. The second-order valence-corrected chi connectivity index (χ2v) is 3.40. The average Bonchev–Trinajstić information content (AvgIpc) is 2.66. The molecule has 0 aromatic rings. The zero-order valence-corrected chi connectivity index (χ0v) is 7.99. The number of nitrogens with two attached hydrogens (primary N) is 1. The Morgan fingerprint density at radius 3 is 2.71 bits per heavy atom. The van der Waals surface area contributed by atoms with Crippen molar-refractivity contribution in [3.05, 3.63) is 0 Å². The molecule has 1 fully saturated rings. The SMILES string of the molecule is NC(CNC(=O)NC1CCCC1)=NO. The lowest BCUT2D eigenvalue weighted by Gasteiger charge is -2.12. The van der Waals surface area contributed by atoms with Gasteiger partial charge in [-0.1, -0.05) is 18.0 Å². The summed E-state index contributed by atoms with van der Waals surface area (Å²) in [6.45, 7) is 0.0645. The summed E-state index contributed by atoms with van der Waals surface area (Å²) in [4.78, 5) is 11.2. The molecule has 80 valence electrons. The smallest absolute Gasteiger partial charge is 0.315 e. The van der Waals surface area contributed by atoms with Crippen LogP contribution in [0, 0.1) is 0 Å². The number of nitrogens with one attached hydrogen (secondary N) is 2. The van der Waals surface area contributed by atoms with E-state index in [0.29, 0.717) is 0 Å². The van der Waals surface area contributed by atoms with Crippen molar-refractivity contribution < 1.29 is 10.0 Å². The van der Waals surface area contributed by atoms with Crippen molar-refractivity contribution in [3.8, 4) is 0 Å². The van der Waals surface area contributed by atoms with Gasteiger partial charge in [0.25, 0.3) is 0 Å². The number of amides is 2. The highest BCUT2D eigenvalue weighted by Gasteiger charge is 2.16. The molecule has 0 heterocycles. The summed E-state index contributed by atoms with van der Waals surface area (Å²) in [7, 11) is 0. The highest BCUT2D eigenvalue weighted by atomic mass is 16.4. The molecule has 0 bridgehead atoms. The molecule has 5 N–H and O–H groups in total. The van der Waals surface area contributed by atoms with Crippen molar-refractivity contribution in [2.24, 2.45) is 10.9 Å². The van der Waals surface area contributed by atoms with Crippen LogP contribution in [0.4, 0.5) is 4.79 Å². The fraction of sp³-hybridized carbons (Fsp3) is 0.750. The largest absolute Gasteiger partial charge is 0.409 e. The minimum atomic E-state index is -0.261. The Morgan fingerprint density at radius 2 is 2.14 bits per heavy atom. The van der Waals surface area contributed by atoms with E-state index in [4.69, 9.17) is 10.9 Å². The molecule has 0 saturated heterocycles. The van der Waals surface area contributed by atoms with E-state index in [9.17, 15) is 4.79 Å². The molecular weight excluding hydrogens is 184 g/mol. The number of amidine groups is 1. The molecule has 1 rings (SSSR count). The van der Waals surface area contributed by atoms with Crippen LogP contribution in [0.1, 0.15) is 25.7 Å². The fourth-order valence-corrected chi connectivity index (χ4v) is 1.51. The van der Waals surface area contributed by atoms with Crippen LogP contribution in [0.15, 0.2) is 5.16 Å². The first-order valence-corrected chi connectivity index (χ1v) is 4.73. The number of rotatable bonds is 3. The zero-order chi connectivity index (χ0) is 10.4. The number of carbonyl (C=O) groups is 1. The van der Waals surface area contributed by atoms with Crippen molar-refractivity contribution >= 4 is 11.9 Å². The number of nitrogens with zero attached hydrogens (tertiary/aromatic N) is 1. The average molecular weight is 200 g/mol. The second-order valence-electron chi connectivity index (χ2n) is 3.40. The quantitative estimate of drug-likeness (QED) is 0.223. The first-order valence-electron chi connectivity index (χ1n) is 4.73. The minimum absolute atomic E-state index is 0.00780. The Bertz CT molecular complexity index is 223. The van der Waals surface area contributed by atoms with E-state index in [1.165, 1.54) is 12.8 Å². The van der Waals surface area contributed by atoms with Gasteiger partial charge in [-0.3, -0.25) is 0 Å². The summed E-state index contributed by atoms with van der Waals surface area (Å²) in [6.07, 6.45) is 4.42. The van der Waals surface area contributed by atoms with E-state index in [1.54, 1.807) is 0 Å². The van der Waals surface area contributed by atoms with Gasteiger partial charge in [0, 0.05) is 6.04 Å². The van der Waals surface area contributed by atoms with E-state index in [0.717, 1.165) is 12.8 Å². The minimum Gasteiger partial charge on any atom is -0.409 e. The third-order valence-electron chi connectivity index (χ3n) is 2.25. The monoisotopic (exact) mass is 200 g/mol. The van der Waals surface area contributed by atoms with Gasteiger partial charge in [0.15, 0.2) is 5.84 Å². The molecular formula is C8H16N4O2. The molecule has 0 unspecified atom stereocenters.